The summed E-state index contributed by atoms with van der Waals surface area (Å²) in [4.78, 5) is 14.8. The quantitative estimate of drug-likeness (QED) is 0.930. The van der Waals surface area contributed by atoms with Crippen LogP contribution in [-0.4, -0.2) is 20.0 Å². The van der Waals surface area contributed by atoms with Crippen molar-refractivity contribution >= 4 is 17.3 Å². The molecular weight excluding hydrogens is 260 g/mol. The average Bonchev–Trinajstić information content (AvgIpc) is 3.30. The van der Waals surface area contributed by atoms with E-state index in [0.29, 0.717) is 0 Å². The summed E-state index contributed by atoms with van der Waals surface area (Å²) in [5.41, 5.74) is 2.68. The van der Waals surface area contributed by atoms with Crippen molar-refractivity contribution in [1.82, 2.24) is 0 Å². The van der Waals surface area contributed by atoms with E-state index < -0.39 is 0 Å². The van der Waals surface area contributed by atoms with E-state index in [0.717, 1.165) is 29.8 Å². The Morgan fingerprint density at radius 3 is 2.24 bits per heavy atom. The van der Waals surface area contributed by atoms with Crippen LogP contribution in [-0.2, 0) is 10.2 Å². The smallest absolute Gasteiger partial charge is 0.235 e. The standard InChI is InChI=1S/C18H20N2O/c1-20(2)16-11-7-6-10-15(16)19-17(21)18(12-13-18)14-8-4-3-5-9-14/h3-11H,12-13H2,1-2H3,(H,19,21). The second-order valence-electron chi connectivity index (χ2n) is 5.81. The number of para-hydroxylation sites is 2. The molecule has 0 atom stereocenters. The van der Waals surface area contributed by atoms with Gasteiger partial charge in [-0.3, -0.25) is 4.79 Å². The Balaban J connectivity index is 1.85. The van der Waals surface area contributed by atoms with Crippen molar-refractivity contribution < 1.29 is 4.79 Å². The lowest BCUT2D eigenvalue weighted by molar-refractivity contribution is -0.118. The minimum atomic E-state index is -0.333. The van der Waals surface area contributed by atoms with E-state index in [-0.39, 0.29) is 11.3 Å². The maximum absolute atomic E-state index is 12.7. The van der Waals surface area contributed by atoms with Gasteiger partial charge in [-0.1, -0.05) is 42.5 Å². The lowest BCUT2D eigenvalue weighted by Crippen LogP contribution is -2.28. The lowest BCUT2D eigenvalue weighted by Gasteiger charge is -2.20. The van der Waals surface area contributed by atoms with Gasteiger partial charge in [0.05, 0.1) is 16.8 Å². The number of benzene rings is 2. The second kappa shape index (κ2) is 5.24. The first-order valence-electron chi connectivity index (χ1n) is 7.27. The Morgan fingerprint density at radius 1 is 1.00 bits per heavy atom. The zero-order valence-electron chi connectivity index (χ0n) is 12.5. The van der Waals surface area contributed by atoms with E-state index in [9.17, 15) is 4.79 Å². The fourth-order valence-corrected chi connectivity index (χ4v) is 2.74. The molecule has 1 saturated carbocycles. The van der Waals surface area contributed by atoms with Crippen LogP contribution in [0.15, 0.2) is 54.6 Å². The van der Waals surface area contributed by atoms with Gasteiger partial charge in [-0.05, 0) is 30.5 Å². The first-order chi connectivity index (χ1) is 10.1. The minimum absolute atomic E-state index is 0.100. The van der Waals surface area contributed by atoms with Gasteiger partial charge >= 0.3 is 0 Å². The van der Waals surface area contributed by atoms with Gasteiger partial charge in [-0.2, -0.15) is 0 Å². The Labute approximate surface area is 125 Å². The molecule has 0 unspecified atom stereocenters. The van der Waals surface area contributed by atoms with Gasteiger partial charge in [-0.25, -0.2) is 0 Å². The molecule has 0 heterocycles. The second-order valence-corrected chi connectivity index (χ2v) is 5.81. The largest absolute Gasteiger partial charge is 0.376 e. The molecule has 108 valence electrons. The van der Waals surface area contributed by atoms with Crippen molar-refractivity contribution in [3.63, 3.8) is 0 Å². The van der Waals surface area contributed by atoms with Crippen LogP contribution in [0.2, 0.25) is 0 Å². The van der Waals surface area contributed by atoms with Crippen LogP contribution in [0, 0.1) is 0 Å². The molecule has 1 amide bonds. The van der Waals surface area contributed by atoms with Crippen molar-refractivity contribution in [2.24, 2.45) is 0 Å². The molecule has 1 aliphatic rings. The number of amides is 1. The van der Waals surface area contributed by atoms with E-state index >= 15 is 0 Å². The highest BCUT2D eigenvalue weighted by molar-refractivity contribution is 6.03. The summed E-state index contributed by atoms with van der Waals surface area (Å²) in [6, 6.07) is 18.0. The van der Waals surface area contributed by atoms with Crippen LogP contribution in [0.4, 0.5) is 11.4 Å². The SMILES string of the molecule is CN(C)c1ccccc1NC(=O)C1(c2ccccc2)CC1. The highest BCUT2D eigenvalue weighted by Gasteiger charge is 2.51. The molecule has 0 aliphatic heterocycles. The summed E-state index contributed by atoms with van der Waals surface area (Å²) in [6.07, 6.45) is 1.85. The van der Waals surface area contributed by atoms with E-state index in [2.05, 4.69) is 5.32 Å². The van der Waals surface area contributed by atoms with E-state index in [1.165, 1.54) is 0 Å². The van der Waals surface area contributed by atoms with Crippen molar-refractivity contribution in [3.8, 4) is 0 Å². The van der Waals surface area contributed by atoms with Gasteiger partial charge in [-0.15, -0.1) is 0 Å². The Bertz CT molecular complexity index is 645. The van der Waals surface area contributed by atoms with Gasteiger partial charge < -0.3 is 10.2 Å². The Morgan fingerprint density at radius 2 is 1.62 bits per heavy atom. The first kappa shape index (κ1) is 13.7. The highest BCUT2D eigenvalue weighted by atomic mass is 16.2. The molecule has 2 aromatic carbocycles. The Hall–Kier alpha value is -2.29. The van der Waals surface area contributed by atoms with Gasteiger partial charge in [0.15, 0.2) is 0 Å². The summed E-state index contributed by atoms with van der Waals surface area (Å²) in [6.45, 7) is 0. The fourth-order valence-electron chi connectivity index (χ4n) is 2.74. The summed E-state index contributed by atoms with van der Waals surface area (Å²) in [5.74, 6) is 0.100. The molecule has 0 spiro atoms. The number of carbonyl (C=O) groups is 1. The molecule has 0 radical (unpaired) electrons. The van der Waals surface area contributed by atoms with Crippen LogP contribution >= 0.6 is 0 Å². The number of hydrogen-bond donors (Lipinski definition) is 1. The van der Waals surface area contributed by atoms with E-state index in [1.807, 2.05) is 73.6 Å². The summed E-state index contributed by atoms with van der Waals surface area (Å²) >= 11 is 0. The normalized spacial score (nSPS) is 15.3. The molecule has 1 aliphatic carbocycles. The number of hydrogen-bond acceptors (Lipinski definition) is 2. The predicted octanol–water partition coefficient (Wildman–Crippen LogP) is 3.42. The lowest BCUT2D eigenvalue weighted by atomic mass is 9.95. The maximum Gasteiger partial charge on any atom is 0.235 e. The number of rotatable bonds is 4. The molecule has 3 nitrogen and oxygen atoms in total. The predicted molar refractivity (Wildman–Crippen MR) is 86.8 cm³/mol. The number of nitrogens with zero attached hydrogens (tertiary/aromatic N) is 1. The van der Waals surface area contributed by atoms with Crippen molar-refractivity contribution in [2.75, 3.05) is 24.3 Å². The van der Waals surface area contributed by atoms with Crippen LogP contribution in [0.25, 0.3) is 0 Å². The zero-order chi connectivity index (χ0) is 14.9. The van der Waals surface area contributed by atoms with Crippen LogP contribution in [0.3, 0.4) is 0 Å². The molecule has 0 bridgehead atoms. The summed E-state index contributed by atoms with van der Waals surface area (Å²) in [7, 11) is 3.96. The molecular formula is C18H20N2O. The Kier molecular flexibility index (Phi) is 3.42. The van der Waals surface area contributed by atoms with Crippen LogP contribution < -0.4 is 10.2 Å². The van der Waals surface area contributed by atoms with E-state index in [1.54, 1.807) is 0 Å². The van der Waals surface area contributed by atoms with E-state index in [4.69, 9.17) is 0 Å². The summed E-state index contributed by atoms with van der Waals surface area (Å²) in [5, 5.41) is 3.11. The molecule has 0 saturated heterocycles. The third-order valence-electron chi connectivity index (χ3n) is 4.15. The minimum Gasteiger partial charge on any atom is -0.376 e. The maximum atomic E-state index is 12.7. The molecule has 1 fully saturated rings. The van der Waals surface area contributed by atoms with Gasteiger partial charge in [0.1, 0.15) is 0 Å². The van der Waals surface area contributed by atoms with Crippen molar-refractivity contribution in [3.05, 3.63) is 60.2 Å². The first-order valence-corrected chi connectivity index (χ1v) is 7.27. The average molecular weight is 280 g/mol. The third kappa shape index (κ3) is 2.51. The van der Waals surface area contributed by atoms with Crippen LogP contribution in [0.1, 0.15) is 18.4 Å². The molecule has 0 aromatic heterocycles. The molecule has 1 N–H and O–H groups in total. The number of carbonyl (C=O) groups excluding carboxylic acids is 1. The van der Waals surface area contributed by atoms with Crippen molar-refractivity contribution in [1.29, 1.82) is 0 Å². The van der Waals surface area contributed by atoms with Gasteiger partial charge in [0.2, 0.25) is 5.91 Å². The highest BCUT2D eigenvalue weighted by Crippen LogP contribution is 2.49. The summed E-state index contributed by atoms with van der Waals surface area (Å²) < 4.78 is 0. The van der Waals surface area contributed by atoms with Crippen LogP contribution in [0.5, 0.6) is 0 Å². The zero-order valence-corrected chi connectivity index (χ0v) is 12.5. The van der Waals surface area contributed by atoms with Crippen molar-refractivity contribution in [2.45, 2.75) is 18.3 Å². The monoisotopic (exact) mass is 280 g/mol. The molecule has 3 heteroatoms. The fraction of sp³-hybridized carbons (Fsp3) is 0.278. The third-order valence-corrected chi connectivity index (χ3v) is 4.15. The topological polar surface area (TPSA) is 32.3 Å². The van der Waals surface area contributed by atoms with Gasteiger partial charge in [0.25, 0.3) is 0 Å². The molecule has 2 aromatic rings. The number of nitrogens with one attached hydrogen (secondary N) is 1. The number of anilines is 2. The molecule has 21 heavy (non-hydrogen) atoms. The van der Waals surface area contributed by atoms with Gasteiger partial charge in [0, 0.05) is 14.1 Å². The molecule has 3 rings (SSSR count).